The molecule has 144 valence electrons. The van der Waals surface area contributed by atoms with E-state index in [1.807, 2.05) is 53.8 Å². The molecule has 1 aliphatic rings. The van der Waals surface area contributed by atoms with Crippen molar-refractivity contribution < 1.29 is 4.57 Å². The summed E-state index contributed by atoms with van der Waals surface area (Å²) in [4.78, 5) is 16.3. The van der Waals surface area contributed by atoms with Crippen LogP contribution in [-0.4, -0.2) is 11.6 Å². The monoisotopic (exact) mass is 430 g/mol. The van der Waals surface area contributed by atoms with Gasteiger partial charge in [-0.05, 0) is 32.0 Å². The van der Waals surface area contributed by atoms with E-state index >= 15 is 0 Å². The van der Waals surface area contributed by atoms with Gasteiger partial charge in [0.05, 0.1) is 10.7 Å². The minimum Gasteiger partial charge on any atom is -0.336 e. The maximum absolute atomic E-state index is 13.2. The zero-order valence-electron chi connectivity index (χ0n) is 16.0. The standard InChI is InChI=1S/C21H21ClN3OS2/c1-4-24-12-7-6-9-14(24)13-17-25(5-2)20(26)19(28-17)21-23(3)18-15(22)10-8-11-16(18)27-21/h6-13H,4-5H2,1-3H3/q+1/b21-19+. The Morgan fingerprint density at radius 3 is 2.71 bits per heavy atom. The second-order valence-electron chi connectivity index (χ2n) is 6.43. The summed E-state index contributed by atoms with van der Waals surface area (Å²) in [7, 11) is 1.97. The predicted octanol–water partition coefficient (Wildman–Crippen LogP) is 3.03. The van der Waals surface area contributed by atoms with E-state index in [0.717, 1.165) is 37.0 Å². The number of thioether (sulfide) groups is 1. The molecule has 28 heavy (non-hydrogen) atoms. The van der Waals surface area contributed by atoms with Gasteiger partial charge in [-0.15, -0.1) is 11.3 Å². The van der Waals surface area contributed by atoms with Gasteiger partial charge < -0.3 is 4.90 Å². The van der Waals surface area contributed by atoms with Crippen molar-refractivity contribution in [2.75, 3.05) is 11.9 Å². The molecule has 0 aliphatic carbocycles. The van der Waals surface area contributed by atoms with Gasteiger partial charge in [0.25, 0.3) is 5.56 Å². The molecule has 0 N–H and O–H groups in total. The molecule has 7 heteroatoms. The Kier molecular flexibility index (Phi) is 5.36. The number of para-hydroxylation sites is 1. The predicted molar refractivity (Wildman–Crippen MR) is 119 cm³/mol. The molecule has 0 unspecified atom stereocenters. The van der Waals surface area contributed by atoms with E-state index in [1.165, 1.54) is 0 Å². The van der Waals surface area contributed by atoms with Crippen LogP contribution in [-0.2, 0) is 13.1 Å². The second-order valence-corrected chi connectivity index (χ2v) is 8.90. The van der Waals surface area contributed by atoms with Gasteiger partial charge in [-0.3, -0.25) is 9.36 Å². The molecule has 0 bridgehead atoms. The zero-order valence-corrected chi connectivity index (χ0v) is 18.4. The number of aryl methyl sites for hydroxylation is 1. The molecule has 0 atom stereocenters. The van der Waals surface area contributed by atoms with Gasteiger partial charge in [0.15, 0.2) is 6.20 Å². The molecule has 2 aromatic heterocycles. The Hall–Kier alpha value is -2.02. The molecule has 0 radical (unpaired) electrons. The highest BCUT2D eigenvalue weighted by Crippen LogP contribution is 2.48. The van der Waals surface area contributed by atoms with E-state index in [0.29, 0.717) is 11.6 Å². The van der Waals surface area contributed by atoms with Crippen LogP contribution < -0.4 is 24.2 Å². The average Bonchev–Trinajstić information content (AvgIpc) is 3.19. The lowest BCUT2D eigenvalue weighted by atomic mass is 10.3. The largest absolute Gasteiger partial charge is 0.336 e. The minimum atomic E-state index is 0.0519. The van der Waals surface area contributed by atoms with Crippen LogP contribution in [0, 0.1) is 0 Å². The fraction of sp³-hybridized carbons (Fsp3) is 0.238. The second kappa shape index (κ2) is 7.78. The van der Waals surface area contributed by atoms with Crippen LogP contribution in [0.5, 0.6) is 0 Å². The summed E-state index contributed by atoms with van der Waals surface area (Å²) < 4.78 is 5.73. The zero-order chi connectivity index (χ0) is 19.8. The number of aromatic nitrogens is 2. The number of rotatable bonds is 3. The van der Waals surface area contributed by atoms with Crippen LogP contribution in [0.1, 0.15) is 19.5 Å². The first-order valence-electron chi connectivity index (χ1n) is 9.19. The minimum absolute atomic E-state index is 0.0519. The van der Waals surface area contributed by atoms with Crippen molar-refractivity contribution in [2.24, 2.45) is 0 Å². The van der Waals surface area contributed by atoms with Crippen LogP contribution in [0.2, 0.25) is 5.02 Å². The van der Waals surface area contributed by atoms with E-state index in [2.05, 4.69) is 29.8 Å². The van der Waals surface area contributed by atoms with Crippen molar-refractivity contribution in [2.45, 2.75) is 31.8 Å². The molecular weight excluding hydrogens is 410 g/mol. The number of halogens is 1. The van der Waals surface area contributed by atoms with Gasteiger partial charge in [-0.2, -0.15) is 4.57 Å². The molecule has 4 nitrogen and oxygen atoms in total. The normalized spacial score (nSPS) is 16.0. The summed E-state index contributed by atoms with van der Waals surface area (Å²) in [5, 5.41) is 1.64. The van der Waals surface area contributed by atoms with Gasteiger partial charge in [-0.25, -0.2) is 0 Å². The van der Waals surface area contributed by atoms with Crippen LogP contribution in [0.3, 0.4) is 0 Å². The Morgan fingerprint density at radius 1 is 1.18 bits per heavy atom. The third-order valence-corrected chi connectivity index (χ3v) is 7.58. The summed E-state index contributed by atoms with van der Waals surface area (Å²) in [6.45, 7) is 5.64. The third-order valence-electron chi connectivity index (χ3n) is 4.81. The lowest BCUT2D eigenvalue weighted by Gasteiger charge is -2.13. The van der Waals surface area contributed by atoms with E-state index in [9.17, 15) is 4.79 Å². The quantitative estimate of drug-likeness (QED) is 0.598. The fourth-order valence-electron chi connectivity index (χ4n) is 3.38. The lowest BCUT2D eigenvalue weighted by molar-refractivity contribution is -0.695. The summed E-state index contributed by atoms with van der Waals surface area (Å²) in [6, 6.07) is 12.0. The molecule has 4 rings (SSSR count). The maximum atomic E-state index is 13.2. The summed E-state index contributed by atoms with van der Waals surface area (Å²) in [5.74, 6) is 0. The van der Waals surface area contributed by atoms with Crippen molar-refractivity contribution >= 4 is 51.5 Å². The molecule has 1 aliphatic heterocycles. The molecular formula is C21H21ClN3OS2+. The van der Waals surface area contributed by atoms with Crippen molar-refractivity contribution in [3.63, 3.8) is 0 Å². The van der Waals surface area contributed by atoms with Crippen LogP contribution in [0.4, 0.5) is 5.69 Å². The first-order valence-corrected chi connectivity index (χ1v) is 11.2. The van der Waals surface area contributed by atoms with Crippen molar-refractivity contribution in [1.82, 2.24) is 4.57 Å². The fourth-order valence-corrected chi connectivity index (χ4v) is 6.23. The number of pyridine rings is 1. The Morgan fingerprint density at radius 2 is 2.00 bits per heavy atom. The molecule has 0 fully saturated rings. The number of thiazole rings is 1. The van der Waals surface area contributed by atoms with E-state index in [1.54, 1.807) is 23.1 Å². The number of fused-ring (bicyclic) bond motifs is 1. The molecule has 0 saturated carbocycles. The SMILES string of the molecule is CCn1c(=O)/c(=C2\Sc3cccc(Cl)c3N2C)s/c1=C\c1cccc[n+]1CC. The van der Waals surface area contributed by atoms with Crippen molar-refractivity contribution in [1.29, 1.82) is 0 Å². The van der Waals surface area contributed by atoms with E-state index in [4.69, 9.17) is 11.6 Å². The molecule has 0 saturated heterocycles. The van der Waals surface area contributed by atoms with Gasteiger partial charge >= 0.3 is 0 Å². The smallest absolute Gasteiger partial charge is 0.271 e. The highest BCUT2D eigenvalue weighted by Gasteiger charge is 2.26. The lowest BCUT2D eigenvalue weighted by Crippen LogP contribution is -2.36. The molecule has 3 aromatic rings. The first kappa shape index (κ1) is 19.3. The van der Waals surface area contributed by atoms with Gasteiger partial charge in [-0.1, -0.05) is 29.4 Å². The number of nitrogens with zero attached hydrogens (tertiary/aromatic N) is 3. The molecule has 1 aromatic carbocycles. The number of anilines is 1. The Bertz CT molecular complexity index is 1230. The topological polar surface area (TPSA) is 29.1 Å². The molecule has 3 heterocycles. The highest BCUT2D eigenvalue weighted by molar-refractivity contribution is 8.08. The highest BCUT2D eigenvalue weighted by atomic mass is 35.5. The van der Waals surface area contributed by atoms with Crippen LogP contribution in [0.15, 0.2) is 52.3 Å². The van der Waals surface area contributed by atoms with Crippen LogP contribution in [0.25, 0.3) is 11.1 Å². The Labute approximate surface area is 177 Å². The molecule has 0 spiro atoms. The van der Waals surface area contributed by atoms with Gasteiger partial charge in [0.2, 0.25) is 5.69 Å². The van der Waals surface area contributed by atoms with Crippen molar-refractivity contribution in [3.8, 4) is 0 Å². The number of hydrogen-bond donors (Lipinski definition) is 0. The number of benzene rings is 1. The maximum Gasteiger partial charge on any atom is 0.271 e. The van der Waals surface area contributed by atoms with Gasteiger partial charge in [0, 0.05) is 36.7 Å². The van der Waals surface area contributed by atoms with Gasteiger partial charge in [0.1, 0.15) is 20.8 Å². The molecule has 0 amide bonds. The van der Waals surface area contributed by atoms with E-state index < -0.39 is 0 Å². The summed E-state index contributed by atoms with van der Waals surface area (Å²) in [5.41, 5.74) is 2.11. The van der Waals surface area contributed by atoms with Crippen molar-refractivity contribution in [3.05, 3.63) is 72.9 Å². The summed E-state index contributed by atoms with van der Waals surface area (Å²) >= 11 is 9.55. The summed E-state index contributed by atoms with van der Waals surface area (Å²) in [6.07, 6.45) is 4.16. The Balaban J connectivity index is 1.95. The van der Waals surface area contributed by atoms with Crippen LogP contribution >= 0.6 is 34.7 Å². The van der Waals surface area contributed by atoms with E-state index in [-0.39, 0.29) is 5.56 Å². The average molecular weight is 431 g/mol. The number of hydrogen-bond acceptors (Lipinski definition) is 4. The first-order chi connectivity index (χ1) is 13.5. The third kappa shape index (κ3) is 3.19.